The van der Waals surface area contributed by atoms with Gasteiger partial charge in [0.1, 0.15) is 11.5 Å². The molecular formula is C31H46O6P2. The van der Waals surface area contributed by atoms with E-state index in [9.17, 15) is 0 Å². The van der Waals surface area contributed by atoms with Crippen LogP contribution in [0.3, 0.4) is 0 Å². The van der Waals surface area contributed by atoms with Gasteiger partial charge in [0.25, 0.3) is 0 Å². The molecule has 6 nitrogen and oxygen atoms in total. The molecule has 0 amide bonds. The van der Waals surface area contributed by atoms with Crippen molar-refractivity contribution in [2.45, 2.75) is 92.9 Å². The van der Waals surface area contributed by atoms with Crippen LogP contribution in [-0.4, -0.2) is 26.4 Å². The Morgan fingerprint density at radius 2 is 1.18 bits per heavy atom. The zero-order chi connectivity index (χ0) is 28.5. The van der Waals surface area contributed by atoms with E-state index in [4.69, 9.17) is 27.1 Å². The molecular weight excluding hydrogens is 530 g/mol. The summed E-state index contributed by atoms with van der Waals surface area (Å²) in [6, 6.07) is 8.82. The lowest BCUT2D eigenvalue weighted by Crippen LogP contribution is -2.45. The van der Waals surface area contributed by atoms with Crippen LogP contribution in [-0.2, 0) is 29.9 Å². The second kappa shape index (κ2) is 12.3. The first-order valence-electron chi connectivity index (χ1n) is 14.1. The molecule has 216 valence electrons. The van der Waals surface area contributed by atoms with Gasteiger partial charge in [-0.1, -0.05) is 90.8 Å². The molecule has 0 N–H and O–H groups in total. The van der Waals surface area contributed by atoms with E-state index in [2.05, 4.69) is 93.5 Å². The summed E-state index contributed by atoms with van der Waals surface area (Å²) in [7, 11) is -3.01. The highest BCUT2D eigenvalue weighted by Crippen LogP contribution is 2.55. The Balaban J connectivity index is 1.40. The van der Waals surface area contributed by atoms with Crippen molar-refractivity contribution in [3.05, 3.63) is 57.6 Å². The molecule has 2 aromatic carbocycles. The summed E-state index contributed by atoms with van der Waals surface area (Å²) in [6.07, 6.45) is 0.894. The minimum Gasteiger partial charge on any atom is -0.426 e. The quantitative estimate of drug-likeness (QED) is 0.306. The summed E-state index contributed by atoms with van der Waals surface area (Å²) in [4.78, 5) is 0. The van der Waals surface area contributed by atoms with Crippen LogP contribution >= 0.6 is 17.2 Å². The molecule has 0 saturated carbocycles. The van der Waals surface area contributed by atoms with Gasteiger partial charge >= 0.3 is 17.2 Å². The van der Waals surface area contributed by atoms with Crippen molar-refractivity contribution in [2.75, 3.05) is 26.4 Å². The zero-order valence-corrected chi connectivity index (χ0v) is 27.1. The fourth-order valence-electron chi connectivity index (χ4n) is 4.91. The third-order valence-corrected chi connectivity index (χ3v) is 9.29. The molecule has 2 fully saturated rings. The predicted octanol–water partition coefficient (Wildman–Crippen LogP) is 9.40. The van der Waals surface area contributed by atoms with Gasteiger partial charge in [-0.2, -0.15) is 0 Å². The van der Waals surface area contributed by atoms with Crippen molar-refractivity contribution < 1.29 is 27.1 Å². The van der Waals surface area contributed by atoms with Gasteiger partial charge in [-0.25, -0.2) is 0 Å². The maximum absolute atomic E-state index is 6.48. The number of rotatable bonds is 7. The second-order valence-corrected chi connectivity index (χ2v) is 15.0. The molecule has 0 aliphatic carbocycles. The van der Waals surface area contributed by atoms with Gasteiger partial charge in [0.2, 0.25) is 0 Å². The van der Waals surface area contributed by atoms with Crippen molar-refractivity contribution in [1.29, 1.82) is 0 Å². The number of benzene rings is 2. The summed E-state index contributed by atoms with van der Waals surface area (Å²) in [5.74, 6) is 2.47. The topological polar surface area (TPSA) is 55.4 Å². The van der Waals surface area contributed by atoms with Crippen LogP contribution in [0.4, 0.5) is 0 Å². The fourth-order valence-corrected chi connectivity index (χ4v) is 7.51. The molecule has 2 aliphatic rings. The van der Waals surface area contributed by atoms with Crippen LogP contribution in [0.25, 0.3) is 0 Å². The van der Waals surface area contributed by atoms with E-state index < -0.39 is 17.2 Å². The summed E-state index contributed by atoms with van der Waals surface area (Å²) in [5, 5.41) is 0. The Morgan fingerprint density at radius 3 is 1.62 bits per heavy atom. The number of aryl methyl sites for hydroxylation is 3. The largest absolute Gasteiger partial charge is 0.426 e. The molecule has 1 spiro atoms. The van der Waals surface area contributed by atoms with Crippen LogP contribution in [0, 0.1) is 19.3 Å². The average molecular weight is 577 g/mol. The molecule has 2 aliphatic heterocycles. The molecule has 0 atom stereocenters. The highest BCUT2D eigenvalue weighted by molar-refractivity contribution is 7.42. The molecule has 2 saturated heterocycles. The summed E-state index contributed by atoms with van der Waals surface area (Å²) in [5.41, 5.74) is 6.79. The van der Waals surface area contributed by atoms with Crippen molar-refractivity contribution in [3.63, 3.8) is 0 Å². The lowest BCUT2D eigenvalue weighted by Gasteiger charge is -2.41. The molecule has 0 radical (unpaired) electrons. The highest BCUT2D eigenvalue weighted by Gasteiger charge is 2.45. The maximum atomic E-state index is 6.48. The third-order valence-electron chi connectivity index (χ3n) is 7.27. The number of hydrogen-bond donors (Lipinski definition) is 0. The molecule has 2 aromatic rings. The Bertz CT molecular complexity index is 1140. The Hall–Kier alpha value is -1.26. The van der Waals surface area contributed by atoms with Gasteiger partial charge in [-0.3, -0.25) is 0 Å². The number of hydrogen-bond acceptors (Lipinski definition) is 6. The van der Waals surface area contributed by atoms with Gasteiger partial charge in [0, 0.05) is 5.56 Å². The molecule has 39 heavy (non-hydrogen) atoms. The normalized spacial score (nSPS) is 24.0. The summed E-state index contributed by atoms with van der Waals surface area (Å²) < 4.78 is 37.5. The SMILES string of the molecule is CCc1cc(C)cc(C(C)C)c1OP1OCC2(CO1)COP(Oc1c(C(C)C)cc(C)cc1C(C)(C)C)OC2. The van der Waals surface area contributed by atoms with Crippen molar-refractivity contribution in [3.8, 4) is 11.5 Å². The third kappa shape index (κ3) is 7.15. The van der Waals surface area contributed by atoms with E-state index in [0.717, 1.165) is 17.9 Å². The molecule has 0 unspecified atom stereocenters. The minimum absolute atomic E-state index is 0.0654. The van der Waals surface area contributed by atoms with Crippen molar-refractivity contribution in [2.24, 2.45) is 5.41 Å². The first-order valence-corrected chi connectivity index (χ1v) is 16.3. The molecule has 8 heteroatoms. The molecule has 0 aromatic heterocycles. The van der Waals surface area contributed by atoms with E-state index in [1.165, 1.54) is 33.4 Å². The Labute approximate surface area is 238 Å². The van der Waals surface area contributed by atoms with Crippen LogP contribution in [0.1, 0.15) is 101 Å². The van der Waals surface area contributed by atoms with Gasteiger partial charge in [-0.05, 0) is 54.2 Å². The summed E-state index contributed by atoms with van der Waals surface area (Å²) in [6.45, 7) is 23.7. The van der Waals surface area contributed by atoms with E-state index in [1.54, 1.807) is 0 Å². The lowest BCUT2D eigenvalue weighted by atomic mass is 9.82. The van der Waals surface area contributed by atoms with E-state index in [1.807, 2.05) is 0 Å². The monoisotopic (exact) mass is 576 g/mol. The maximum Gasteiger partial charge on any atom is 0.397 e. The highest BCUT2D eigenvalue weighted by atomic mass is 31.2. The predicted molar refractivity (Wildman–Crippen MR) is 160 cm³/mol. The first kappa shape index (κ1) is 30.7. The Morgan fingerprint density at radius 1 is 0.744 bits per heavy atom. The fraction of sp³-hybridized carbons (Fsp3) is 0.613. The van der Waals surface area contributed by atoms with Crippen LogP contribution in [0.2, 0.25) is 0 Å². The lowest BCUT2D eigenvalue weighted by molar-refractivity contribution is -0.0674. The van der Waals surface area contributed by atoms with Gasteiger partial charge in [-0.15, -0.1) is 0 Å². The van der Waals surface area contributed by atoms with Gasteiger partial charge in [0.15, 0.2) is 0 Å². The van der Waals surface area contributed by atoms with Crippen LogP contribution in [0.5, 0.6) is 11.5 Å². The standard InChI is InChI=1S/C31H46O6P2/c1-11-24-12-22(6)13-25(20(2)3)28(24)36-38-32-16-31(17-33-38)18-34-39(35-19-31)37-29-26(21(4)5)14-23(7)15-27(29)30(8,9)10/h12-15,20-21H,11,16-19H2,1-10H3. The van der Waals surface area contributed by atoms with E-state index in [-0.39, 0.29) is 10.8 Å². The van der Waals surface area contributed by atoms with Crippen LogP contribution in [0.15, 0.2) is 24.3 Å². The molecule has 2 heterocycles. The van der Waals surface area contributed by atoms with Crippen molar-refractivity contribution in [1.82, 2.24) is 0 Å². The average Bonchev–Trinajstić information content (AvgIpc) is 2.87. The zero-order valence-electron chi connectivity index (χ0n) is 25.3. The van der Waals surface area contributed by atoms with E-state index >= 15 is 0 Å². The molecule has 0 bridgehead atoms. The second-order valence-electron chi connectivity index (χ2n) is 12.7. The van der Waals surface area contributed by atoms with E-state index in [0.29, 0.717) is 38.3 Å². The minimum atomic E-state index is -1.52. The van der Waals surface area contributed by atoms with Gasteiger partial charge < -0.3 is 27.1 Å². The van der Waals surface area contributed by atoms with Crippen LogP contribution < -0.4 is 9.05 Å². The Kier molecular flexibility index (Phi) is 9.69. The smallest absolute Gasteiger partial charge is 0.397 e. The van der Waals surface area contributed by atoms with Gasteiger partial charge in [0.05, 0.1) is 31.8 Å². The molecule has 4 rings (SSSR count). The summed E-state index contributed by atoms with van der Waals surface area (Å²) >= 11 is 0. The van der Waals surface area contributed by atoms with Crippen molar-refractivity contribution >= 4 is 17.2 Å². The first-order chi connectivity index (χ1) is 18.3.